The summed E-state index contributed by atoms with van der Waals surface area (Å²) in [6.07, 6.45) is -0.179. The molecule has 0 unspecified atom stereocenters. The summed E-state index contributed by atoms with van der Waals surface area (Å²) < 4.78 is 25.8. The van der Waals surface area contributed by atoms with Crippen molar-refractivity contribution in [3.63, 3.8) is 0 Å². The van der Waals surface area contributed by atoms with Crippen molar-refractivity contribution in [2.24, 2.45) is 0 Å². The van der Waals surface area contributed by atoms with Crippen molar-refractivity contribution in [1.29, 1.82) is 0 Å². The second-order valence-electron chi connectivity index (χ2n) is 3.86. The first-order valence-electron chi connectivity index (χ1n) is 4.99. The topological polar surface area (TPSA) is 23.5 Å². The minimum absolute atomic E-state index is 0. The van der Waals surface area contributed by atoms with Gasteiger partial charge in [-0.2, -0.15) is 0 Å². The predicted octanol–water partition coefficient (Wildman–Crippen LogP) is 3.05. The Bertz CT molecular complexity index is 332. The molecule has 1 aromatic carbocycles. The number of alkyl halides is 2. The minimum atomic E-state index is -2.51. The molecular weight excluding hydrogens is 236 g/mol. The highest BCUT2D eigenvalue weighted by molar-refractivity contribution is 5.85. The second kappa shape index (κ2) is 4.87. The van der Waals surface area contributed by atoms with Gasteiger partial charge in [-0.3, -0.25) is 0 Å². The van der Waals surface area contributed by atoms with Gasteiger partial charge in [0, 0.05) is 31.6 Å². The monoisotopic (exact) mass is 249 g/mol. The van der Waals surface area contributed by atoms with Crippen LogP contribution in [0.3, 0.4) is 0 Å². The van der Waals surface area contributed by atoms with Crippen LogP contribution in [0.4, 0.5) is 14.5 Å². The van der Waals surface area contributed by atoms with Crippen molar-refractivity contribution in [3.05, 3.63) is 24.3 Å². The molecular formula is C11H14ClF2NO. The van der Waals surface area contributed by atoms with E-state index in [2.05, 4.69) is 0 Å². The number of halogens is 3. The standard InChI is InChI=1S/C11H13F2NO.ClH/c12-11(13)5-7-14(8-6-11)9-1-3-10(15)4-2-9;/h1-4,15H,5-8H2;1H. The minimum Gasteiger partial charge on any atom is -0.508 e. The van der Waals surface area contributed by atoms with Crippen LogP contribution in [0.5, 0.6) is 5.75 Å². The Balaban J connectivity index is 0.00000128. The summed E-state index contributed by atoms with van der Waals surface area (Å²) >= 11 is 0. The molecule has 1 aliphatic rings. The fourth-order valence-electron chi connectivity index (χ4n) is 1.76. The molecule has 1 N–H and O–H groups in total. The number of aromatic hydroxyl groups is 1. The molecule has 1 aliphatic heterocycles. The van der Waals surface area contributed by atoms with Crippen LogP contribution >= 0.6 is 12.4 Å². The Morgan fingerprint density at radius 1 is 1.06 bits per heavy atom. The van der Waals surface area contributed by atoms with Crippen molar-refractivity contribution < 1.29 is 13.9 Å². The van der Waals surface area contributed by atoms with Crippen LogP contribution in [0.2, 0.25) is 0 Å². The molecule has 90 valence electrons. The van der Waals surface area contributed by atoms with E-state index < -0.39 is 5.92 Å². The number of hydrogen-bond acceptors (Lipinski definition) is 2. The average Bonchev–Trinajstić information content (AvgIpc) is 2.20. The van der Waals surface area contributed by atoms with Gasteiger partial charge in [0.25, 0.3) is 5.92 Å². The molecule has 5 heteroatoms. The molecule has 0 bridgehead atoms. The van der Waals surface area contributed by atoms with Gasteiger partial charge < -0.3 is 10.0 Å². The molecule has 2 nitrogen and oxygen atoms in total. The maximum atomic E-state index is 12.9. The zero-order valence-corrected chi connectivity index (χ0v) is 9.51. The molecule has 0 radical (unpaired) electrons. The molecule has 0 saturated carbocycles. The number of phenolic OH excluding ortho intramolecular Hbond substituents is 1. The molecule has 16 heavy (non-hydrogen) atoms. The molecule has 1 aromatic rings. The van der Waals surface area contributed by atoms with E-state index in [-0.39, 0.29) is 31.0 Å². The Kier molecular flexibility index (Phi) is 3.97. The van der Waals surface area contributed by atoms with Crippen LogP contribution < -0.4 is 4.90 Å². The van der Waals surface area contributed by atoms with E-state index in [9.17, 15) is 8.78 Å². The lowest BCUT2D eigenvalue weighted by Gasteiger charge is -2.33. The van der Waals surface area contributed by atoms with Crippen molar-refractivity contribution in [1.82, 2.24) is 0 Å². The maximum absolute atomic E-state index is 12.9. The summed E-state index contributed by atoms with van der Waals surface area (Å²) in [6.45, 7) is 0.746. The van der Waals surface area contributed by atoms with Gasteiger partial charge in [0.15, 0.2) is 0 Å². The zero-order valence-electron chi connectivity index (χ0n) is 8.70. The van der Waals surface area contributed by atoms with Crippen LogP contribution in [-0.4, -0.2) is 24.1 Å². The van der Waals surface area contributed by atoms with E-state index >= 15 is 0 Å². The van der Waals surface area contributed by atoms with Gasteiger partial charge in [-0.05, 0) is 24.3 Å². The average molecular weight is 250 g/mol. The van der Waals surface area contributed by atoms with Crippen molar-refractivity contribution in [2.75, 3.05) is 18.0 Å². The van der Waals surface area contributed by atoms with Crippen LogP contribution in [0, 0.1) is 0 Å². The molecule has 0 spiro atoms. The summed E-state index contributed by atoms with van der Waals surface area (Å²) in [4.78, 5) is 1.91. The molecule has 1 heterocycles. The number of hydrogen-bond donors (Lipinski definition) is 1. The third-order valence-electron chi connectivity index (χ3n) is 2.71. The van der Waals surface area contributed by atoms with Crippen LogP contribution in [0.1, 0.15) is 12.8 Å². The first-order chi connectivity index (χ1) is 7.07. The largest absolute Gasteiger partial charge is 0.508 e. The summed E-state index contributed by atoms with van der Waals surface area (Å²) in [7, 11) is 0. The SMILES string of the molecule is Cl.Oc1ccc(N2CCC(F)(F)CC2)cc1. The Morgan fingerprint density at radius 2 is 1.56 bits per heavy atom. The Labute approximate surface area is 99.3 Å². The van der Waals surface area contributed by atoms with Gasteiger partial charge in [-0.25, -0.2) is 8.78 Å². The molecule has 1 saturated heterocycles. The zero-order chi connectivity index (χ0) is 10.9. The number of nitrogens with zero attached hydrogens (tertiary/aromatic N) is 1. The van der Waals surface area contributed by atoms with Crippen LogP contribution in [-0.2, 0) is 0 Å². The Morgan fingerprint density at radius 3 is 2.06 bits per heavy atom. The summed E-state index contributed by atoms with van der Waals surface area (Å²) in [6, 6.07) is 6.64. The van der Waals surface area contributed by atoms with Crippen molar-refractivity contribution in [2.45, 2.75) is 18.8 Å². The van der Waals surface area contributed by atoms with E-state index in [1.807, 2.05) is 4.90 Å². The lowest BCUT2D eigenvalue weighted by Crippen LogP contribution is -2.39. The summed E-state index contributed by atoms with van der Waals surface area (Å²) in [5.74, 6) is -2.31. The van der Waals surface area contributed by atoms with Crippen LogP contribution in [0.15, 0.2) is 24.3 Å². The molecule has 0 amide bonds. The van der Waals surface area contributed by atoms with E-state index in [4.69, 9.17) is 5.11 Å². The number of phenols is 1. The normalized spacial score (nSPS) is 19.0. The number of rotatable bonds is 1. The highest BCUT2D eigenvalue weighted by Gasteiger charge is 2.33. The Hall–Kier alpha value is -1.03. The smallest absolute Gasteiger partial charge is 0.251 e. The van der Waals surface area contributed by atoms with Crippen molar-refractivity contribution >= 4 is 18.1 Å². The van der Waals surface area contributed by atoms with Gasteiger partial charge in [0.05, 0.1) is 0 Å². The van der Waals surface area contributed by atoms with Gasteiger partial charge in [-0.15, -0.1) is 12.4 Å². The molecule has 1 fully saturated rings. The third-order valence-corrected chi connectivity index (χ3v) is 2.71. The van der Waals surface area contributed by atoms with Crippen LogP contribution in [0.25, 0.3) is 0 Å². The first-order valence-corrected chi connectivity index (χ1v) is 4.99. The lowest BCUT2D eigenvalue weighted by atomic mass is 10.1. The van der Waals surface area contributed by atoms with E-state index in [0.717, 1.165) is 5.69 Å². The highest BCUT2D eigenvalue weighted by Crippen LogP contribution is 2.30. The summed E-state index contributed by atoms with van der Waals surface area (Å²) in [5, 5.41) is 9.10. The van der Waals surface area contributed by atoms with E-state index in [1.54, 1.807) is 24.3 Å². The molecule has 0 atom stereocenters. The second-order valence-corrected chi connectivity index (χ2v) is 3.86. The quantitative estimate of drug-likeness (QED) is 0.827. The van der Waals surface area contributed by atoms with E-state index in [0.29, 0.717) is 13.1 Å². The van der Waals surface area contributed by atoms with E-state index in [1.165, 1.54) is 0 Å². The number of piperidine rings is 1. The van der Waals surface area contributed by atoms with Gasteiger partial charge in [-0.1, -0.05) is 0 Å². The fraction of sp³-hybridized carbons (Fsp3) is 0.455. The van der Waals surface area contributed by atoms with Gasteiger partial charge in [0.2, 0.25) is 0 Å². The van der Waals surface area contributed by atoms with Gasteiger partial charge in [0.1, 0.15) is 5.75 Å². The molecule has 0 aromatic heterocycles. The third kappa shape index (κ3) is 2.98. The van der Waals surface area contributed by atoms with Crippen molar-refractivity contribution in [3.8, 4) is 5.75 Å². The predicted molar refractivity (Wildman–Crippen MR) is 61.7 cm³/mol. The maximum Gasteiger partial charge on any atom is 0.251 e. The lowest BCUT2D eigenvalue weighted by molar-refractivity contribution is -0.0220. The molecule has 2 rings (SSSR count). The fourth-order valence-corrected chi connectivity index (χ4v) is 1.76. The first kappa shape index (κ1) is 13.0. The number of anilines is 1. The highest BCUT2D eigenvalue weighted by atomic mass is 35.5. The van der Waals surface area contributed by atoms with Gasteiger partial charge >= 0.3 is 0 Å². The number of benzene rings is 1. The molecule has 0 aliphatic carbocycles. The summed E-state index contributed by atoms with van der Waals surface area (Å²) in [5.41, 5.74) is 0.892.